The van der Waals surface area contributed by atoms with Gasteiger partial charge in [-0.2, -0.15) is 0 Å². The summed E-state index contributed by atoms with van der Waals surface area (Å²) < 4.78 is 2.02. The highest BCUT2D eigenvalue weighted by Crippen LogP contribution is 2.24. The van der Waals surface area contributed by atoms with Crippen molar-refractivity contribution in [3.63, 3.8) is 0 Å². The Bertz CT molecular complexity index is 458. The smallest absolute Gasteiger partial charge is 0.0991 e. The summed E-state index contributed by atoms with van der Waals surface area (Å²) in [5.41, 5.74) is 2.36. The zero-order valence-corrected chi connectivity index (χ0v) is 9.13. The minimum Gasteiger partial charge on any atom is -0.382 e. The van der Waals surface area contributed by atoms with E-state index in [4.69, 9.17) is 0 Å². The number of imidazole rings is 1. The van der Waals surface area contributed by atoms with Crippen LogP contribution in [0.2, 0.25) is 0 Å². The minimum atomic E-state index is 0.679. The molecule has 1 heterocycles. The molecule has 3 nitrogen and oxygen atoms in total. The molecule has 82 valence electrons. The quantitative estimate of drug-likeness (QED) is 0.849. The predicted molar refractivity (Wildman–Crippen MR) is 64.8 cm³/mol. The highest BCUT2D eigenvalue weighted by molar-refractivity contribution is 5.51. The van der Waals surface area contributed by atoms with Gasteiger partial charge in [0.1, 0.15) is 0 Å². The number of benzene rings is 1. The largest absolute Gasteiger partial charge is 0.382 e. The van der Waals surface area contributed by atoms with E-state index in [0.29, 0.717) is 6.04 Å². The lowest BCUT2D eigenvalue weighted by atomic mass is 9.93. The van der Waals surface area contributed by atoms with Gasteiger partial charge in [0.2, 0.25) is 0 Å². The molecule has 1 aliphatic carbocycles. The first-order chi connectivity index (χ1) is 7.92. The second kappa shape index (κ2) is 4.00. The van der Waals surface area contributed by atoms with Crippen LogP contribution in [-0.4, -0.2) is 15.6 Å². The van der Waals surface area contributed by atoms with Gasteiger partial charge in [-0.25, -0.2) is 4.98 Å². The van der Waals surface area contributed by atoms with Crippen LogP contribution in [0.5, 0.6) is 0 Å². The molecule has 0 saturated heterocycles. The fraction of sp³-hybridized carbons (Fsp3) is 0.308. The monoisotopic (exact) mass is 213 g/mol. The topological polar surface area (TPSA) is 29.9 Å². The van der Waals surface area contributed by atoms with Crippen molar-refractivity contribution < 1.29 is 0 Å². The predicted octanol–water partition coefficient (Wildman–Crippen LogP) is 2.84. The zero-order valence-electron chi connectivity index (χ0n) is 9.13. The molecular weight excluding hydrogens is 198 g/mol. The summed E-state index contributed by atoms with van der Waals surface area (Å²) in [5, 5.41) is 3.55. The number of hydrogen-bond donors (Lipinski definition) is 1. The molecule has 16 heavy (non-hydrogen) atoms. The van der Waals surface area contributed by atoms with Gasteiger partial charge in [0.15, 0.2) is 0 Å². The van der Waals surface area contributed by atoms with Crippen molar-refractivity contribution in [3.05, 3.63) is 43.0 Å². The summed E-state index contributed by atoms with van der Waals surface area (Å²) in [5.74, 6) is 0. The molecule has 0 atom stereocenters. The van der Waals surface area contributed by atoms with Crippen LogP contribution in [0.4, 0.5) is 5.69 Å². The summed E-state index contributed by atoms with van der Waals surface area (Å²) in [6, 6.07) is 9.14. The van der Waals surface area contributed by atoms with Gasteiger partial charge >= 0.3 is 0 Å². The van der Waals surface area contributed by atoms with Crippen LogP contribution in [0.1, 0.15) is 19.3 Å². The molecule has 3 heteroatoms. The Morgan fingerprint density at radius 1 is 1.31 bits per heavy atom. The Balaban J connectivity index is 1.82. The Hall–Kier alpha value is -1.77. The van der Waals surface area contributed by atoms with E-state index in [1.54, 1.807) is 6.20 Å². The Morgan fingerprint density at radius 2 is 2.25 bits per heavy atom. The lowest BCUT2D eigenvalue weighted by Crippen LogP contribution is -2.26. The Kier molecular flexibility index (Phi) is 2.37. The summed E-state index contributed by atoms with van der Waals surface area (Å²) in [6.45, 7) is 0. The molecular formula is C13H15N3. The van der Waals surface area contributed by atoms with Crippen LogP contribution in [0.25, 0.3) is 5.69 Å². The van der Waals surface area contributed by atoms with Gasteiger partial charge in [0.25, 0.3) is 0 Å². The summed E-state index contributed by atoms with van der Waals surface area (Å²) in [6.07, 6.45) is 9.54. The van der Waals surface area contributed by atoms with E-state index < -0.39 is 0 Å². The minimum absolute atomic E-state index is 0.679. The van der Waals surface area contributed by atoms with Gasteiger partial charge in [-0.3, -0.25) is 0 Å². The van der Waals surface area contributed by atoms with E-state index in [0.717, 1.165) is 5.69 Å². The highest BCUT2D eigenvalue weighted by atomic mass is 15.0. The second-order valence-corrected chi connectivity index (χ2v) is 4.29. The van der Waals surface area contributed by atoms with Gasteiger partial charge in [-0.05, 0) is 37.5 Å². The molecule has 1 fully saturated rings. The lowest BCUT2D eigenvalue weighted by molar-refractivity contribution is 0.445. The molecule has 3 rings (SSSR count). The first-order valence-corrected chi connectivity index (χ1v) is 5.77. The first kappa shape index (κ1) is 9.46. The molecule has 0 aliphatic heterocycles. The standard InChI is InChI=1S/C13H15N3/c1-3-11(4-1)15-12-5-2-6-13(9-12)16-8-7-14-10-16/h2,5-11,15H,1,3-4H2. The summed E-state index contributed by atoms with van der Waals surface area (Å²) in [4.78, 5) is 4.06. The molecule has 0 radical (unpaired) electrons. The molecule has 0 unspecified atom stereocenters. The molecule has 1 aromatic heterocycles. The molecule has 0 bridgehead atoms. The van der Waals surface area contributed by atoms with E-state index in [2.05, 4.69) is 34.6 Å². The molecule has 1 saturated carbocycles. The van der Waals surface area contributed by atoms with Crippen molar-refractivity contribution in [2.45, 2.75) is 25.3 Å². The molecule has 1 aliphatic rings. The lowest BCUT2D eigenvalue weighted by Gasteiger charge is -2.27. The Labute approximate surface area is 95.1 Å². The van der Waals surface area contributed by atoms with Gasteiger partial charge in [-0.15, -0.1) is 0 Å². The van der Waals surface area contributed by atoms with E-state index >= 15 is 0 Å². The summed E-state index contributed by atoms with van der Waals surface area (Å²) >= 11 is 0. The molecule has 1 aromatic carbocycles. The van der Waals surface area contributed by atoms with Gasteiger partial charge in [0.05, 0.1) is 6.33 Å². The number of anilines is 1. The third-order valence-corrected chi connectivity index (χ3v) is 3.12. The summed E-state index contributed by atoms with van der Waals surface area (Å²) in [7, 11) is 0. The van der Waals surface area contributed by atoms with Gasteiger partial charge < -0.3 is 9.88 Å². The highest BCUT2D eigenvalue weighted by Gasteiger charge is 2.16. The maximum Gasteiger partial charge on any atom is 0.0991 e. The molecule has 0 amide bonds. The number of hydrogen-bond acceptors (Lipinski definition) is 2. The number of nitrogens with one attached hydrogen (secondary N) is 1. The van der Waals surface area contributed by atoms with Crippen molar-refractivity contribution in [2.24, 2.45) is 0 Å². The fourth-order valence-electron chi connectivity index (χ4n) is 1.96. The van der Waals surface area contributed by atoms with Crippen LogP contribution in [0.3, 0.4) is 0 Å². The first-order valence-electron chi connectivity index (χ1n) is 5.77. The maximum atomic E-state index is 4.06. The Morgan fingerprint density at radius 3 is 2.94 bits per heavy atom. The average Bonchev–Trinajstić information content (AvgIpc) is 2.77. The van der Waals surface area contributed by atoms with Crippen LogP contribution >= 0.6 is 0 Å². The number of rotatable bonds is 3. The van der Waals surface area contributed by atoms with E-state index in [1.807, 2.05) is 17.1 Å². The molecule has 1 N–H and O–H groups in total. The maximum absolute atomic E-state index is 4.06. The number of aromatic nitrogens is 2. The molecule has 0 spiro atoms. The van der Waals surface area contributed by atoms with Crippen LogP contribution < -0.4 is 5.32 Å². The third-order valence-electron chi connectivity index (χ3n) is 3.12. The van der Waals surface area contributed by atoms with Crippen molar-refractivity contribution in [3.8, 4) is 5.69 Å². The fourth-order valence-corrected chi connectivity index (χ4v) is 1.96. The van der Waals surface area contributed by atoms with Crippen molar-refractivity contribution >= 4 is 5.69 Å². The van der Waals surface area contributed by atoms with Crippen molar-refractivity contribution in [2.75, 3.05) is 5.32 Å². The van der Waals surface area contributed by atoms with Crippen LogP contribution in [0, 0.1) is 0 Å². The zero-order chi connectivity index (χ0) is 10.8. The number of nitrogens with zero attached hydrogens (tertiary/aromatic N) is 2. The molecule has 2 aromatic rings. The van der Waals surface area contributed by atoms with Crippen molar-refractivity contribution in [1.29, 1.82) is 0 Å². The van der Waals surface area contributed by atoms with Crippen LogP contribution in [-0.2, 0) is 0 Å². The SMILES string of the molecule is c1cc(NC2CCC2)cc(-n2ccnc2)c1. The van der Waals surface area contributed by atoms with E-state index in [1.165, 1.54) is 24.9 Å². The van der Waals surface area contributed by atoms with Gasteiger partial charge in [0, 0.05) is 29.8 Å². The van der Waals surface area contributed by atoms with E-state index in [-0.39, 0.29) is 0 Å². The normalized spacial score (nSPS) is 15.8. The van der Waals surface area contributed by atoms with Crippen LogP contribution in [0.15, 0.2) is 43.0 Å². The average molecular weight is 213 g/mol. The van der Waals surface area contributed by atoms with Gasteiger partial charge in [-0.1, -0.05) is 6.07 Å². The van der Waals surface area contributed by atoms with Crippen molar-refractivity contribution in [1.82, 2.24) is 9.55 Å². The second-order valence-electron chi connectivity index (χ2n) is 4.29. The van der Waals surface area contributed by atoms with E-state index in [9.17, 15) is 0 Å². The third kappa shape index (κ3) is 1.81.